The van der Waals surface area contributed by atoms with Crippen LogP contribution in [0.2, 0.25) is 0 Å². The third-order valence-corrected chi connectivity index (χ3v) is 9.48. The highest BCUT2D eigenvalue weighted by molar-refractivity contribution is 5.84. The minimum absolute atomic E-state index is 0.166. The van der Waals surface area contributed by atoms with Gasteiger partial charge in [-0.3, -0.25) is 14.6 Å². The number of piperazine rings is 1. The van der Waals surface area contributed by atoms with Crippen LogP contribution in [0.1, 0.15) is 68.7 Å². The fraction of sp³-hybridized carbons (Fsp3) is 0.457. The summed E-state index contributed by atoms with van der Waals surface area (Å²) in [6, 6.07) is 28.8. The van der Waals surface area contributed by atoms with Crippen LogP contribution in [0.15, 0.2) is 78.9 Å². The lowest BCUT2D eigenvalue weighted by Gasteiger charge is -2.47. The fourth-order valence-corrected chi connectivity index (χ4v) is 7.35. The van der Waals surface area contributed by atoms with Gasteiger partial charge in [-0.05, 0) is 67.3 Å². The van der Waals surface area contributed by atoms with Crippen LogP contribution in [0, 0.1) is 5.92 Å². The molecule has 1 unspecified atom stereocenters. The average Bonchev–Trinajstić information content (AvgIpc) is 3.27. The van der Waals surface area contributed by atoms with Crippen molar-refractivity contribution in [1.29, 1.82) is 0 Å². The standard InChI is InChI=1S/C35H43N3O/c1-35(2,3)38-23-21-37(22-24-38)34(26-11-5-4-6-12-26)27-17-19-36(20-18-27)33(39)25-32-30-15-9-7-13-28(30)29-14-8-10-16-31(29)32/h4-16,27,32,34H,17-25H2,1-3H3. The van der Waals surface area contributed by atoms with Crippen LogP contribution in [0.3, 0.4) is 0 Å². The summed E-state index contributed by atoms with van der Waals surface area (Å²) in [7, 11) is 0. The lowest BCUT2D eigenvalue weighted by molar-refractivity contribution is -0.133. The zero-order valence-electron chi connectivity index (χ0n) is 23.9. The number of nitrogens with zero attached hydrogens (tertiary/aromatic N) is 3. The number of likely N-dealkylation sites (tertiary alicyclic amines) is 1. The summed E-state index contributed by atoms with van der Waals surface area (Å²) in [5.74, 6) is 1.05. The van der Waals surface area contributed by atoms with E-state index >= 15 is 0 Å². The summed E-state index contributed by atoms with van der Waals surface area (Å²) in [6.07, 6.45) is 2.71. The van der Waals surface area contributed by atoms with E-state index in [1.54, 1.807) is 0 Å². The Hall–Kier alpha value is -2.95. The normalized spacial score (nSPS) is 20.0. The van der Waals surface area contributed by atoms with Crippen molar-refractivity contribution in [3.8, 4) is 11.1 Å². The number of rotatable bonds is 5. The zero-order valence-corrected chi connectivity index (χ0v) is 23.9. The number of benzene rings is 3. The maximum Gasteiger partial charge on any atom is 0.223 e. The van der Waals surface area contributed by atoms with Crippen LogP contribution in [-0.4, -0.2) is 65.4 Å². The molecule has 0 saturated carbocycles. The molecule has 3 aromatic carbocycles. The topological polar surface area (TPSA) is 26.8 Å². The molecule has 4 heteroatoms. The molecule has 4 nitrogen and oxygen atoms in total. The summed E-state index contributed by atoms with van der Waals surface area (Å²) >= 11 is 0. The van der Waals surface area contributed by atoms with Crippen molar-refractivity contribution in [3.63, 3.8) is 0 Å². The molecule has 0 N–H and O–H groups in total. The van der Waals surface area contributed by atoms with E-state index in [4.69, 9.17) is 0 Å². The zero-order chi connectivity index (χ0) is 27.0. The highest BCUT2D eigenvalue weighted by atomic mass is 16.2. The van der Waals surface area contributed by atoms with Gasteiger partial charge < -0.3 is 4.90 Å². The lowest BCUT2D eigenvalue weighted by atomic mass is 9.83. The Labute approximate surface area is 234 Å². The maximum atomic E-state index is 13.7. The lowest BCUT2D eigenvalue weighted by Crippen LogP contribution is -2.55. The number of fused-ring (bicyclic) bond motifs is 3. The van der Waals surface area contributed by atoms with Crippen LogP contribution < -0.4 is 0 Å². The molecule has 1 atom stereocenters. The van der Waals surface area contributed by atoms with Crippen molar-refractivity contribution in [2.24, 2.45) is 5.92 Å². The first-order chi connectivity index (χ1) is 18.9. The Morgan fingerprint density at radius 2 is 1.28 bits per heavy atom. The number of hydrogen-bond acceptors (Lipinski definition) is 3. The predicted molar refractivity (Wildman–Crippen MR) is 160 cm³/mol. The molecule has 1 aliphatic carbocycles. The van der Waals surface area contributed by atoms with E-state index in [0.717, 1.165) is 52.1 Å². The van der Waals surface area contributed by atoms with Crippen LogP contribution in [0.25, 0.3) is 11.1 Å². The van der Waals surface area contributed by atoms with Crippen molar-refractivity contribution < 1.29 is 4.79 Å². The number of carbonyl (C=O) groups excluding carboxylic acids is 1. The van der Waals surface area contributed by atoms with E-state index in [2.05, 4.69) is 114 Å². The molecule has 2 saturated heterocycles. The maximum absolute atomic E-state index is 13.7. The molecule has 204 valence electrons. The van der Waals surface area contributed by atoms with Crippen molar-refractivity contribution in [3.05, 3.63) is 95.6 Å². The summed E-state index contributed by atoms with van der Waals surface area (Å²) in [5, 5.41) is 0. The molecular formula is C35H43N3O. The van der Waals surface area contributed by atoms with E-state index in [-0.39, 0.29) is 11.5 Å². The number of amides is 1. The van der Waals surface area contributed by atoms with Crippen molar-refractivity contribution in [1.82, 2.24) is 14.7 Å². The smallest absolute Gasteiger partial charge is 0.223 e. The molecule has 1 amide bonds. The van der Waals surface area contributed by atoms with E-state index in [1.807, 2.05) is 0 Å². The molecule has 0 bridgehead atoms. The minimum atomic E-state index is 0.166. The molecule has 2 heterocycles. The van der Waals surface area contributed by atoms with Gasteiger partial charge in [0.25, 0.3) is 0 Å². The second-order valence-corrected chi connectivity index (χ2v) is 12.7. The molecule has 2 fully saturated rings. The van der Waals surface area contributed by atoms with Gasteiger partial charge in [0.1, 0.15) is 0 Å². The first-order valence-corrected chi connectivity index (χ1v) is 14.9. The largest absolute Gasteiger partial charge is 0.343 e. The van der Waals surface area contributed by atoms with Crippen molar-refractivity contribution in [2.45, 2.75) is 57.5 Å². The second kappa shape index (κ2) is 10.9. The van der Waals surface area contributed by atoms with Gasteiger partial charge in [-0.2, -0.15) is 0 Å². The summed E-state index contributed by atoms with van der Waals surface area (Å²) < 4.78 is 0. The highest BCUT2D eigenvalue weighted by Gasteiger charge is 2.37. The predicted octanol–water partition coefficient (Wildman–Crippen LogP) is 6.59. The highest BCUT2D eigenvalue weighted by Crippen LogP contribution is 2.46. The van der Waals surface area contributed by atoms with Crippen LogP contribution in [0.4, 0.5) is 0 Å². The van der Waals surface area contributed by atoms with E-state index < -0.39 is 0 Å². The number of carbonyl (C=O) groups is 1. The quantitative estimate of drug-likeness (QED) is 0.379. The molecule has 3 aromatic rings. The molecule has 0 spiro atoms. The Morgan fingerprint density at radius 1 is 0.744 bits per heavy atom. The average molecular weight is 522 g/mol. The number of piperidine rings is 1. The van der Waals surface area contributed by atoms with Gasteiger partial charge in [0.2, 0.25) is 5.91 Å². The first-order valence-electron chi connectivity index (χ1n) is 14.9. The third-order valence-electron chi connectivity index (χ3n) is 9.48. The molecular weight excluding hydrogens is 478 g/mol. The van der Waals surface area contributed by atoms with Gasteiger partial charge in [0, 0.05) is 63.2 Å². The van der Waals surface area contributed by atoms with E-state index in [9.17, 15) is 4.79 Å². The molecule has 0 radical (unpaired) electrons. The Bertz CT molecular complexity index is 1230. The van der Waals surface area contributed by atoms with Crippen LogP contribution >= 0.6 is 0 Å². The summed E-state index contributed by atoms with van der Waals surface area (Å²) in [6.45, 7) is 13.2. The van der Waals surface area contributed by atoms with Gasteiger partial charge in [0.15, 0.2) is 0 Å². The van der Waals surface area contributed by atoms with Gasteiger partial charge in [-0.25, -0.2) is 0 Å². The third kappa shape index (κ3) is 5.29. The fourth-order valence-electron chi connectivity index (χ4n) is 7.35. The van der Waals surface area contributed by atoms with Gasteiger partial charge in [-0.15, -0.1) is 0 Å². The van der Waals surface area contributed by atoms with Gasteiger partial charge in [-0.1, -0.05) is 78.9 Å². The van der Waals surface area contributed by atoms with Crippen LogP contribution in [-0.2, 0) is 4.79 Å². The van der Waals surface area contributed by atoms with Crippen LogP contribution in [0.5, 0.6) is 0 Å². The van der Waals surface area contributed by atoms with E-state index in [0.29, 0.717) is 24.3 Å². The molecule has 2 aliphatic heterocycles. The SMILES string of the molecule is CC(C)(C)N1CCN(C(c2ccccc2)C2CCN(C(=O)CC3c4ccccc4-c4ccccc43)CC2)CC1. The summed E-state index contributed by atoms with van der Waals surface area (Å²) in [4.78, 5) is 21.2. The molecule has 6 rings (SSSR count). The Balaban J connectivity index is 1.13. The second-order valence-electron chi connectivity index (χ2n) is 12.7. The first kappa shape index (κ1) is 26.3. The number of hydrogen-bond donors (Lipinski definition) is 0. The van der Waals surface area contributed by atoms with Crippen molar-refractivity contribution in [2.75, 3.05) is 39.3 Å². The Kier molecular flexibility index (Phi) is 7.35. The molecule has 3 aliphatic rings. The van der Waals surface area contributed by atoms with Gasteiger partial charge >= 0.3 is 0 Å². The summed E-state index contributed by atoms with van der Waals surface area (Å²) in [5.41, 5.74) is 6.86. The van der Waals surface area contributed by atoms with Crippen molar-refractivity contribution >= 4 is 5.91 Å². The Morgan fingerprint density at radius 3 is 1.85 bits per heavy atom. The van der Waals surface area contributed by atoms with Gasteiger partial charge in [0.05, 0.1) is 0 Å². The molecule has 39 heavy (non-hydrogen) atoms. The monoisotopic (exact) mass is 521 g/mol. The molecule has 0 aromatic heterocycles. The van der Waals surface area contributed by atoms with E-state index in [1.165, 1.54) is 27.8 Å². The minimum Gasteiger partial charge on any atom is -0.343 e.